The summed E-state index contributed by atoms with van der Waals surface area (Å²) in [5.74, 6) is 0. The van der Waals surface area contributed by atoms with E-state index >= 15 is 0 Å². The van der Waals surface area contributed by atoms with Crippen molar-refractivity contribution in [3.63, 3.8) is 0 Å². The van der Waals surface area contributed by atoms with Crippen LogP contribution in [0.5, 0.6) is 0 Å². The summed E-state index contributed by atoms with van der Waals surface area (Å²) < 4.78 is 0. The Balaban J connectivity index is 0. The van der Waals surface area contributed by atoms with E-state index in [-0.39, 0.29) is 0 Å². The summed E-state index contributed by atoms with van der Waals surface area (Å²) in [6, 6.07) is 0. The van der Waals surface area contributed by atoms with Crippen molar-refractivity contribution in [2.75, 3.05) is 27.2 Å². The van der Waals surface area contributed by atoms with Crippen LogP contribution < -0.4 is 5.73 Å². The maximum Gasteiger partial charge on any atom is -0.00128 e. The smallest absolute Gasteiger partial charge is 0.00128 e. The van der Waals surface area contributed by atoms with Gasteiger partial charge in [-0.3, -0.25) is 0 Å². The molecule has 0 bridgehead atoms. The lowest BCUT2D eigenvalue weighted by Gasteiger charge is -2.05. The minimum Gasteiger partial charge on any atom is -0.330 e. The van der Waals surface area contributed by atoms with E-state index in [2.05, 4.69) is 19.0 Å². The molecule has 0 aliphatic rings. The van der Waals surface area contributed by atoms with Gasteiger partial charge in [0.15, 0.2) is 0 Å². The second-order valence-corrected chi connectivity index (χ2v) is 1.95. The minimum absolute atomic E-state index is 0.804. The van der Waals surface area contributed by atoms with Crippen molar-refractivity contribution < 1.29 is 0 Å². The SMILES string of the molecule is CC.CN(C)CCCN. The first-order valence-electron chi connectivity index (χ1n) is 3.62. The molecule has 0 fully saturated rings. The molecule has 0 saturated carbocycles. The average molecular weight is 132 g/mol. The summed E-state index contributed by atoms with van der Waals surface area (Å²) in [5, 5.41) is 0. The molecule has 0 heterocycles. The molecule has 2 heteroatoms. The quantitative estimate of drug-likeness (QED) is 0.619. The van der Waals surface area contributed by atoms with Gasteiger partial charge in [0, 0.05) is 0 Å². The molecule has 0 amide bonds. The van der Waals surface area contributed by atoms with Gasteiger partial charge >= 0.3 is 0 Å². The summed E-state index contributed by atoms with van der Waals surface area (Å²) in [4.78, 5) is 2.13. The van der Waals surface area contributed by atoms with E-state index in [1.807, 2.05) is 13.8 Å². The van der Waals surface area contributed by atoms with Crippen molar-refractivity contribution in [2.24, 2.45) is 5.73 Å². The normalized spacial score (nSPS) is 8.67. The Morgan fingerprint density at radius 2 is 1.67 bits per heavy atom. The van der Waals surface area contributed by atoms with Crippen LogP contribution in [0.4, 0.5) is 0 Å². The molecule has 0 atom stereocenters. The lowest BCUT2D eigenvalue weighted by molar-refractivity contribution is 0.403. The molecule has 0 aliphatic carbocycles. The molecule has 0 rings (SSSR count). The second-order valence-electron chi connectivity index (χ2n) is 1.95. The fraction of sp³-hybridized carbons (Fsp3) is 1.00. The first kappa shape index (κ1) is 11.7. The van der Waals surface area contributed by atoms with Gasteiger partial charge in [0.1, 0.15) is 0 Å². The number of rotatable bonds is 3. The van der Waals surface area contributed by atoms with Crippen LogP contribution in [0.15, 0.2) is 0 Å². The Morgan fingerprint density at radius 3 is 1.78 bits per heavy atom. The predicted octanol–water partition coefficient (Wildman–Crippen LogP) is 0.923. The highest BCUT2D eigenvalue weighted by molar-refractivity contribution is 4.42. The van der Waals surface area contributed by atoms with Crippen LogP contribution in [-0.4, -0.2) is 32.1 Å². The van der Waals surface area contributed by atoms with Crippen molar-refractivity contribution in [2.45, 2.75) is 20.3 Å². The highest BCUT2D eigenvalue weighted by Gasteiger charge is 1.83. The molecule has 0 aromatic carbocycles. The molecule has 0 radical (unpaired) electrons. The fourth-order valence-electron chi connectivity index (χ4n) is 0.408. The van der Waals surface area contributed by atoms with Crippen LogP contribution in [0.2, 0.25) is 0 Å². The molecule has 0 saturated heterocycles. The molecule has 0 unspecified atom stereocenters. The summed E-state index contributed by atoms with van der Waals surface area (Å²) in [7, 11) is 4.10. The predicted molar refractivity (Wildman–Crippen MR) is 43.6 cm³/mol. The zero-order valence-corrected chi connectivity index (χ0v) is 7.15. The van der Waals surface area contributed by atoms with Gasteiger partial charge < -0.3 is 10.6 Å². The molecular formula is C7H20N2. The molecule has 0 aromatic heterocycles. The van der Waals surface area contributed by atoms with Crippen LogP contribution in [0.1, 0.15) is 20.3 Å². The van der Waals surface area contributed by atoms with E-state index in [9.17, 15) is 0 Å². The van der Waals surface area contributed by atoms with Crippen LogP contribution in [0.3, 0.4) is 0 Å². The summed E-state index contributed by atoms with van der Waals surface area (Å²) in [6.07, 6.45) is 1.10. The Hall–Kier alpha value is -0.0800. The van der Waals surface area contributed by atoms with E-state index in [0.29, 0.717) is 0 Å². The van der Waals surface area contributed by atoms with Crippen LogP contribution >= 0.6 is 0 Å². The molecule has 0 aromatic rings. The highest BCUT2D eigenvalue weighted by atomic mass is 15.0. The maximum absolute atomic E-state index is 5.25. The Morgan fingerprint density at radius 1 is 1.22 bits per heavy atom. The second kappa shape index (κ2) is 10.8. The minimum atomic E-state index is 0.804. The average Bonchev–Trinajstić information content (AvgIpc) is 1.88. The Kier molecular flexibility index (Phi) is 14.0. The van der Waals surface area contributed by atoms with Gasteiger partial charge in [-0.15, -0.1) is 0 Å². The van der Waals surface area contributed by atoms with Gasteiger partial charge in [-0.2, -0.15) is 0 Å². The van der Waals surface area contributed by atoms with Gasteiger partial charge in [-0.25, -0.2) is 0 Å². The zero-order valence-electron chi connectivity index (χ0n) is 7.15. The maximum atomic E-state index is 5.25. The third kappa shape index (κ3) is 18.1. The van der Waals surface area contributed by atoms with Gasteiger partial charge in [-0.05, 0) is 33.6 Å². The summed E-state index contributed by atoms with van der Waals surface area (Å²) >= 11 is 0. The first-order chi connectivity index (χ1) is 4.27. The van der Waals surface area contributed by atoms with Gasteiger partial charge in [0.05, 0.1) is 0 Å². The van der Waals surface area contributed by atoms with Crippen molar-refractivity contribution in [1.29, 1.82) is 0 Å². The molecular weight excluding hydrogens is 112 g/mol. The van der Waals surface area contributed by atoms with E-state index < -0.39 is 0 Å². The summed E-state index contributed by atoms with van der Waals surface area (Å²) in [5.41, 5.74) is 5.25. The standard InChI is InChI=1S/C5H14N2.C2H6/c1-7(2)5-3-4-6;1-2/h3-6H2,1-2H3;1-2H3. The fourth-order valence-corrected chi connectivity index (χ4v) is 0.408. The number of hydrogen-bond donors (Lipinski definition) is 1. The lowest BCUT2D eigenvalue weighted by atomic mass is 10.4. The number of nitrogens with zero attached hydrogens (tertiary/aromatic N) is 1. The number of nitrogens with two attached hydrogens (primary N) is 1. The van der Waals surface area contributed by atoms with E-state index in [0.717, 1.165) is 19.5 Å². The van der Waals surface area contributed by atoms with E-state index in [1.54, 1.807) is 0 Å². The van der Waals surface area contributed by atoms with Crippen LogP contribution in [-0.2, 0) is 0 Å². The molecule has 0 spiro atoms. The lowest BCUT2D eigenvalue weighted by Crippen LogP contribution is -2.16. The van der Waals surface area contributed by atoms with Crippen LogP contribution in [0.25, 0.3) is 0 Å². The van der Waals surface area contributed by atoms with Gasteiger partial charge in [0.25, 0.3) is 0 Å². The zero-order chi connectivity index (χ0) is 7.70. The van der Waals surface area contributed by atoms with E-state index in [1.165, 1.54) is 0 Å². The van der Waals surface area contributed by atoms with Crippen molar-refractivity contribution in [1.82, 2.24) is 4.90 Å². The topological polar surface area (TPSA) is 29.3 Å². The third-order valence-corrected chi connectivity index (χ3v) is 0.809. The van der Waals surface area contributed by atoms with E-state index in [4.69, 9.17) is 5.73 Å². The van der Waals surface area contributed by atoms with Crippen LogP contribution in [0, 0.1) is 0 Å². The molecule has 2 N–H and O–H groups in total. The van der Waals surface area contributed by atoms with Crippen molar-refractivity contribution >= 4 is 0 Å². The third-order valence-electron chi connectivity index (χ3n) is 0.809. The highest BCUT2D eigenvalue weighted by Crippen LogP contribution is 1.76. The monoisotopic (exact) mass is 132 g/mol. The first-order valence-corrected chi connectivity index (χ1v) is 3.62. The molecule has 9 heavy (non-hydrogen) atoms. The Labute approximate surface area is 59.0 Å². The molecule has 58 valence electrons. The van der Waals surface area contributed by atoms with Gasteiger partial charge in [-0.1, -0.05) is 13.8 Å². The van der Waals surface area contributed by atoms with Crippen molar-refractivity contribution in [3.05, 3.63) is 0 Å². The molecule has 0 aliphatic heterocycles. The van der Waals surface area contributed by atoms with Gasteiger partial charge in [0.2, 0.25) is 0 Å². The Bertz CT molecular complexity index is 35.9. The summed E-state index contributed by atoms with van der Waals surface area (Å²) in [6.45, 7) is 5.91. The molecule has 2 nitrogen and oxygen atoms in total. The largest absolute Gasteiger partial charge is 0.330 e. The number of hydrogen-bond acceptors (Lipinski definition) is 2. The van der Waals surface area contributed by atoms with Crippen molar-refractivity contribution in [3.8, 4) is 0 Å².